The molecule has 3 aromatic carbocycles. The normalized spacial score (nSPS) is 18.6. The third kappa shape index (κ3) is 7.45. The molecule has 2 aliphatic heterocycles. The number of nitrogens with one attached hydrogen (secondary N) is 1. The Morgan fingerprint density at radius 3 is 2.14 bits per heavy atom. The molecule has 0 aromatic heterocycles. The molecule has 0 aliphatic carbocycles. The van der Waals surface area contributed by atoms with Crippen molar-refractivity contribution >= 4 is 11.9 Å². The number of alkyl halides is 3. The molecule has 2 atom stereocenters. The summed E-state index contributed by atoms with van der Waals surface area (Å²) < 4.78 is 57.2. The molecule has 0 radical (unpaired) electrons. The van der Waals surface area contributed by atoms with Crippen molar-refractivity contribution in [1.82, 2.24) is 20.0 Å². The third-order valence-corrected chi connectivity index (χ3v) is 8.06. The molecule has 0 unspecified atom stereocenters. The predicted molar refractivity (Wildman–Crippen MR) is 154 cm³/mol. The van der Waals surface area contributed by atoms with Gasteiger partial charge in [0.15, 0.2) is 0 Å². The van der Waals surface area contributed by atoms with E-state index in [1.165, 1.54) is 24.3 Å². The van der Waals surface area contributed by atoms with Crippen LogP contribution in [0.1, 0.15) is 28.8 Å². The fourth-order valence-electron chi connectivity index (χ4n) is 5.52. The number of likely N-dealkylation sites (tertiary alicyclic amines) is 2. The summed E-state index contributed by atoms with van der Waals surface area (Å²) in [6.07, 6.45) is -2.88. The molecule has 1 N–H and O–H groups in total. The Kier molecular flexibility index (Phi) is 9.19. The molecule has 0 bridgehead atoms. The molecule has 0 spiro atoms. The molecule has 3 aromatic rings. The third-order valence-electron chi connectivity index (χ3n) is 8.06. The second-order valence-corrected chi connectivity index (χ2v) is 10.9. The van der Waals surface area contributed by atoms with Crippen LogP contribution >= 0.6 is 0 Å². The van der Waals surface area contributed by atoms with Gasteiger partial charge in [-0.15, -0.1) is 0 Å². The van der Waals surface area contributed by atoms with Crippen molar-refractivity contribution in [3.63, 3.8) is 0 Å². The minimum Gasteiger partial charge on any atom is -0.492 e. The maximum atomic E-state index is 13.2. The van der Waals surface area contributed by atoms with E-state index in [1.807, 2.05) is 4.90 Å². The standard InChI is InChI=1S/C32H34F4N4O3/c1-38(30(41)24-4-2-22(3-5-24)23-6-8-25(9-7-23)32(34,35)36)28-15-18-40(21-28)31(42)39-17-14-27(20-39)37-16-19-43-29-12-10-26(33)11-13-29/h2-13,27-28,37H,14-21H2,1H3/t27-,28+/m1/s1. The molecular weight excluding hydrogens is 564 g/mol. The highest BCUT2D eigenvalue weighted by atomic mass is 19.4. The Hall–Kier alpha value is -4.12. The van der Waals surface area contributed by atoms with E-state index in [2.05, 4.69) is 5.32 Å². The molecular formula is C32H34F4N4O3. The number of likely N-dealkylation sites (N-methyl/N-ethyl adjacent to an activating group) is 1. The molecule has 11 heteroatoms. The second-order valence-electron chi connectivity index (χ2n) is 10.9. The highest BCUT2D eigenvalue weighted by Crippen LogP contribution is 2.31. The van der Waals surface area contributed by atoms with Crippen LogP contribution in [-0.2, 0) is 6.18 Å². The molecule has 43 heavy (non-hydrogen) atoms. The van der Waals surface area contributed by atoms with Gasteiger partial charge >= 0.3 is 12.2 Å². The van der Waals surface area contributed by atoms with Crippen LogP contribution in [0.25, 0.3) is 11.1 Å². The molecule has 2 saturated heterocycles. The first-order chi connectivity index (χ1) is 20.6. The molecule has 2 aliphatic rings. The lowest BCUT2D eigenvalue weighted by atomic mass is 10.0. The largest absolute Gasteiger partial charge is 0.492 e. The van der Waals surface area contributed by atoms with Gasteiger partial charge in [-0.2, -0.15) is 13.2 Å². The molecule has 228 valence electrons. The van der Waals surface area contributed by atoms with Crippen molar-refractivity contribution in [3.8, 4) is 16.9 Å². The zero-order chi connectivity index (χ0) is 30.6. The topological polar surface area (TPSA) is 65.1 Å². The highest BCUT2D eigenvalue weighted by Gasteiger charge is 2.35. The highest BCUT2D eigenvalue weighted by molar-refractivity contribution is 5.95. The Morgan fingerprint density at radius 2 is 1.49 bits per heavy atom. The zero-order valence-electron chi connectivity index (χ0n) is 23.8. The lowest BCUT2D eigenvalue weighted by molar-refractivity contribution is -0.137. The summed E-state index contributed by atoms with van der Waals surface area (Å²) in [6, 6.07) is 17.6. The monoisotopic (exact) mass is 598 g/mol. The quantitative estimate of drug-likeness (QED) is 0.274. The van der Waals surface area contributed by atoms with Gasteiger partial charge in [0.2, 0.25) is 0 Å². The first-order valence-electron chi connectivity index (χ1n) is 14.3. The van der Waals surface area contributed by atoms with Gasteiger partial charge in [0.05, 0.1) is 11.6 Å². The second kappa shape index (κ2) is 13.0. The zero-order valence-corrected chi connectivity index (χ0v) is 23.8. The Morgan fingerprint density at radius 1 is 0.884 bits per heavy atom. The van der Waals surface area contributed by atoms with Gasteiger partial charge in [-0.1, -0.05) is 24.3 Å². The van der Waals surface area contributed by atoms with Crippen LogP contribution in [0.2, 0.25) is 0 Å². The number of carbonyl (C=O) groups excluding carboxylic acids is 2. The van der Waals surface area contributed by atoms with Gasteiger partial charge in [-0.25, -0.2) is 9.18 Å². The average Bonchev–Trinajstić information content (AvgIpc) is 3.70. The minimum atomic E-state index is -4.39. The van der Waals surface area contributed by atoms with Crippen molar-refractivity contribution < 1.29 is 31.9 Å². The van der Waals surface area contributed by atoms with Crippen molar-refractivity contribution in [2.45, 2.75) is 31.1 Å². The van der Waals surface area contributed by atoms with Crippen LogP contribution in [0, 0.1) is 5.82 Å². The minimum absolute atomic E-state index is 0.0314. The van der Waals surface area contributed by atoms with Crippen LogP contribution in [0.15, 0.2) is 72.8 Å². The average molecular weight is 599 g/mol. The summed E-state index contributed by atoms with van der Waals surface area (Å²) >= 11 is 0. The first-order valence-corrected chi connectivity index (χ1v) is 14.3. The van der Waals surface area contributed by atoms with Crippen molar-refractivity contribution in [2.24, 2.45) is 0 Å². The van der Waals surface area contributed by atoms with E-state index in [0.29, 0.717) is 68.2 Å². The predicted octanol–water partition coefficient (Wildman–Crippen LogP) is 5.52. The van der Waals surface area contributed by atoms with Gasteiger partial charge in [-0.3, -0.25) is 4.79 Å². The SMILES string of the molecule is CN(C(=O)c1ccc(-c2ccc(C(F)(F)F)cc2)cc1)[C@H]1CCN(C(=O)N2CC[C@@H](NCCOc3ccc(F)cc3)C2)C1. The lowest BCUT2D eigenvalue weighted by Gasteiger charge is -2.27. The number of hydrogen-bond donors (Lipinski definition) is 1. The van der Waals surface area contributed by atoms with Gasteiger partial charge in [0.25, 0.3) is 5.91 Å². The van der Waals surface area contributed by atoms with Gasteiger partial charge in [-0.05, 0) is 72.5 Å². The lowest BCUT2D eigenvalue weighted by Crippen LogP contribution is -2.45. The molecule has 2 fully saturated rings. The van der Waals surface area contributed by atoms with Crippen LogP contribution < -0.4 is 10.1 Å². The van der Waals surface area contributed by atoms with E-state index in [9.17, 15) is 27.2 Å². The van der Waals surface area contributed by atoms with Gasteiger partial charge in [0, 0.05) is 51.4 Å². The molecule has 3 amide bonds. The Labute approximate surface area is 248 Å². The van der Waals surface area contributed by atoms with E-state index < -0.39 is 11.7 Å². The molecule has 5 rings (SSSR count). The summed E-state index contributed by atoms with van der Waals surface area (Å²) in [4.78, 5) is 31.7. The van der Waals surface area contributed by atoms with E-state index in [4.69, 9.17) is 4.74 Å². The molecule has 7 nitrogen and oxygen atoms in total. The molecule has 0 saturated carbocycles. The van der Waals surface area contributed by atoms with Gasteiger partial charge in [0.1, 0.15) is 18.2 Å². The number of rotatable bonds is 8. The van der Waals surface area contributed by atoms with E-state index in [-0.39, 0.29) is 29.8 Å². The van der Waals surface area contributed by atoms with Crippen molar-refractivity contribution in [2.75, 3.05) is 46.4 Å². The summed E-state index contributed by atoms with van der Waals surface area (Å²) in [6.45, 7) is 3.29. The number of nitrogens with zero attached hydrogens (tertiary/aromatic N) is 3. The number of ether oxygens (including phenoxy) is 1. The summed E-state index contributed by atoms with van der Waals surface area (Å²) in [5.41, 5.74) is 1.10. The Bertz CT molecular complexity index is 1400. The van der Waals surface area contributed by atoms with Gasteiger partial charge < -0.3 is 24.8 Å². The summed E-state index contributed by atoms with van der Waals surface area (Å²) in [5, 5.41) is 3.41. The van der Waals surface area contributed by atoms with Crippen LogP contribution in [-0.4, -0.2) is 85.1 Å². The smallest absolute Gasteiger partial charge is 0.416 e. The molecule has 2 heterocycles. The number of benzene rings is 3. The summed E-state index contributed by atoms with van der Waals surface area (Å²) in [5.74, 6) is 0.121. The first kappa shape index (κ1) is 30.3. The van der Waals surface area contributed by atoms with E-state index in [0.717, 1.165) is 18.6 Å². The van der Waals surface area contributed by atoms with Crippen LogP contribution in [0.3, 0.4) is 0 Å². The van der Waals surface area contributed by atoms with E-state index in [1.54, 1.807) is 53.2 Å². The number of carbonyl (C=O) groups is 2. The fraction of sp³-hybridized carbons (Fsp3) is 0.375. The summed E-state index contributed by atoms with van der Waals surface area (Å²) in [7, 11) is 1.73. The maximum absolute atomic E-state index is 13.2. The number of amides is 3. The number of urea groups is 1. The van der Waals surface area contributed by atoms with Crippen molar-refractivity contribution in [1.29, 1.82) is 0 Å². The van der Waals surface area contributed by atoms with Crippen LogP contribution in [0.4, 0.5) is 22.4 Å². The van der Waals surface area contributed by atoms with E-state index >= 15 is 0 Å². The number of halogens is 4. The Balaban J connectivity index is 1.07. The fourth-order valence-corrected chi connectivity index (χ4v) is 5.52. The van der Waals surface area contributed by atoms with Crippen molar-refractivity contribution in [3.05, 3.63) is 89.7 Å². The number of hydrogen-bond acceptors (Lipinski definition) is 4. The van der Waals surface area contributed by atoms with Crippen LogP contribution in [0.5, 0.6) is 5.75 Å². The maximum Gasteiger partial charge on any atom is 0.416 e.